The van der Waals surface area contributed by atoms with Gasteiger partial charge in [-0.05, 0) is 53.9 Å². The van der Waals surface area contributed by atoms with E-state index in [1.54, 1.807) is 11.8 Å². The molecule has 0 aliphatic heterocycles. The molecule has 0 amide bonds. The van der Waals surface area contributed by atoms with Crippen molar-refractivity contribution >= 4 is 15.9 Å². The van der Waals surface area contributed by atoms with Crippen LogP contribution in [0, 0.1) is 0 Å². The van der Waals surface area contributed by atoms with E-state index in [-0.39, 0.29) is 0 Å². The van der Waals surface area contributed by atoms with E-state index in [1.165, 1.54) is 0 Å². The first-order valence-electron chi connectivity index (χ1n) is 6.20. The van der Waals surface area contributed by atoms with Crippen molar-refractivity contribution in [3.05, 3.63) is 34.6 Å². The molecule has 0 spiro atoms. The summed E-state index contributed by atoms with van der Waals surface area (Å²) in [6.45, 7) is 0.718. The highest BCUT2D eigenvalue weighted by atomic mass is 79.9. The van der Waals surface area contributed by atoms with E-state index in [0.29, 0.717) is 0 Å². The molecule has 0 unspecified atom stereocenters. The number of nitrogens with zero attached hydrogens (tertiary/aromatic N) is 3. The van der Waals surface area contributed by atoms with Gasteiger partial charge in [-0.2, -0.15) is 0 Å². The number of unbranched alkanes of at least 4 members (excludes halogenated alkanes) is 1. The number of methoxy groups -OCH3 is 1. The Hall–Kier alpha value is -1.40. The Balaban J connectivity index is 2.17. The quantitative estimate of drug-likeness (QED) is 0.828. The molecule has 2 rings (SSSR count). The molecular weight excluding hydrogens is 308 g/mol. The molecule has 0 radical (unpaired) electrons. The molecule has 0 saturated heterocycles. The van der Waals surface area contributed by atoms with Crippen LogP contribution in [-0.2, 0) is 6.42 Å². The highest BCUT2D eigenvalue weighted by Crippen LogP contribution is 2.25. The minimum atomic E-state index is 0.718. The molecule has 0 aliphatic carbocycles. The van der Waals surface area contributed by atoms with E-state index in [2.05, 4.69) is 26.2 Å². The summed E-state index contributed by atoms with van der Waals surface area (Å²) in [7, 11) is 1.65. The largest absolute Gasteiger partial charge is 0.497 e. The molecule has 6 heteroatoms. The third-order valence-electron chi connectivity index (χ3n) is 2.83. The van der Waals surface area contributed by atoms with Gasteiger partial charge in [0.1, 0.15) is 5.75 Å². The van der Waals surface area contributed by atoms with Gasteiger partial charge in [0, 0.05) is 10.5 Å². The summed E-state index contributed by atoms with van der Waals surface area (Å²) in [5.41, 5.74) is 7.37. The Labute approximate surface area is 120 Å². The number of aromatic nitrogens is 3. The predicted molar refractivity (Wildman–Crippen MR) is 77.6 cm³/mol. The zero-order valence-corrected chi connectivity index (χ0v) is 12.4. The second-order valence-electron chi connectivity index (χ2n) is 4.22. The molecule has 0 bridgehead atoms. The zero-order chi connectivity index (χ0) is 13.7. The summed E-state index contributed by atoms with van der Waals surface area (Å²) in [5.74, 6) is 0.790. The average Bonchev–Trinajstić information content (AvgIpc) is 2.88. The molecule has 0 atom stereocenters. The molecule has 1 heterocycles. The van der Waals surface area contributed by atoms with Crippen LogP contribution in [0.5, 0.6) is 5.75 Å². The van der Waals surface area contributed by atoms with Gasteiger partial charge in [-0.15, -0.1) is 5.10 Å². The van der Waals surface area contributed by atoms with Crippen molar-refractivity contribution in [1.29, 1.82) is 0 Å². The van der Waals surface area contributed by atoms with Gasteiger partial charge in [0.15, 0.2) is 0 Å². The fraction of sp³-hybridized carbons (Fsp3) is 0.385. The standard InChI is InChI=1S/C13H17BrN4O/c1-19-11-5-6-12(14)13(8-11)18-9-10(16-17-18)4-2-3-7-15/h5-6,8-9H,2-4,7,15H2,1H3. The molecule has 1 aromatic carbocycles. The maximum absolute atomic E-state index is 5.48. The number of rotatable bonds is 6. The average molecular weight is 325 g/mol. The summed E-state index contributed by atoms with van der Waals surface area (Å²) in [6.07, 6.45) is 4.89. The van der Waals surface area contributed by atoms with Gasteiger partial charge < -0.3 is 10.5 Å². The summed E-state index contributed by atoms with van der Waals surface area (Å²) in [6, 6.07) is 5.75. The number of hydrogen-bond acceptors (Lipinski definition) is 4. The summed E-state index contributed by atoms with van der Waals surface area (Å²) < 4.78 is 7.93. The first kappa shape index (κ1) is 14.0. The molecule has 2 N–H and O–H groups in total. The number of aryl methyl sites for hydroxylation is 1. The molecule has 102 valence electrons. The number of benzene rings is 1. The fourth-order valence-electron chi connectivity index (χ4n) is 1.78. The Morgan fingerprint density at radius 2 is 2.21 bits per heavy atom. The van der Waals surface area contributed by atoms with Gasteiger partial charge in [-0.3, -0.25) is 0 Å². The second kappa shape index (κ2) is 6.68. The lowest BCUT2D eigenvalue weighted by Crippen LogP contribution is -1.99. The molecule has 0 aliphatic rings. The van der Waals surface area contributed by atoms with Gasteiger partial charge >= 0.3 is 0 Å². The zero-order valence-electron chi connectivity index (χ0n) is 10.8. The van der Waals surface area contributed by atoms with E-state index >= 15 is 0 Å². The maximum Gasteiger partial charge on any atom is 0.121 e. The molecule has 0 saturated carbocycles. The van der Waals surface area contributed by atoms with Crippen LogP contribution in [-0.4, -0.2) is 28.6 Å². The van der Waals surface area contributed by atoms with Gasteiger partial charge in [-0.1, -0.05) is 5.21 Å². The number of nitrogens with two attached hydrogens (primary N) is 1. The van der Waals surface area contributed by atoms with Crippen molar-refractivity contribution in [1.82, 2.24) is 15.0 Å². The van der Waals surface area contributed by atoms with Crippen LogP contribution in [0.3, 0.4) is 0 Å². The normalized spacial score (nSPS) is 10.7. The van der Waals surface area contributed by atoms with Gasteiger partial charge in [0.2, 0.25) is 0 Å². The van der Waals surface area contributed by atoms with Crippen LogP contribution < -0.4 is 10.5 Å². The third kappa shape index (κ3) is 3.54. The van der Waals surface area contributed by atoms with Crippen LogP contribution >= 0.6 is 15.9 Å². The Morgan fingerprint density at radius 1 is 1.37 bits per heavy atom. The second-order valence-corrected chi connectivity index (χ2v) is 5.07. The molecule has 5 nitrogen and oxygen atoms in total. The van der Waals surface area contributed by atoms with E-state index in [9.17, 15) is 0 Å². The first-order chi connectivity index (χ1) is 9.24. The maximum atomic E-state index is 5.48. The first-order valence-corrected chi connectivity index (χ1v) is 6.99. The van der Waals surface area contributed by atoms with Gasteiger partial charge in [0.05, 0.1) is 24.7 Å². The molecular formula is C13H17BrN4O. The van der Waals surface area contributed by atoms with Crippen LogP contribution in [0.4, 0.5) is 0 Å². The van der Waals surface area contributed by atoms with Crippen LogP contribution in [0.15, 0.2) is 28.9 Å². The van der Waals surface area contributed by atoms with Crippen LogP contribution in [0.2, 0.25) is 0 Å². The van der Waals surface area contributed by atoms with Crippen molar-refractivity contribution in [2.75, 3.05) is 13.7 Å². The van der Waals surface area contributed by atoms with Gasteiger partial charge in [-0.25, -0.2) is 4.68 Å². The smallest absolute Gasteiger partial charge is 0.121 e. The molecule has 2 aromatic rings. The summed E-state index contributed by atoms with van der Waals surface area (Å²) >= 11 is 3.51. The minimum absolute atomic E-state index is 0.718. The Morgan fingerprint density at radius 3 is 2.95 bits per heavy atom. The van der Waals surface area contributed by atoms with E-state index < -0.39 is 0 Å². The van der Waals surface area contributed by atoms with Crippen LogP contribution in [0.1, 0.15) is 18.5 Å². The van der Waals surface area contributed by atoms with Gasteiger partial charge in [0.25, 0.3) is 0 Å². The van der Waals surface area contributed by atoms with Crippen molar-refractivity contribution in [2.45, 2.75) is 19.3 Å². The molecule has 19 heavy (non-hydrogen) atoms. The lowest BCUT2D eigenvalue weighted by molar-refractivity contribution is 0.414. The van der Waals surface area contributed by atoms with E-state index in [4.69, 9.17) is 10.5 Å². The van der Waals surface area contributed by atoms with Crippen molar-refractivity contribution in [2.24, 2.45) is 5.73 Å². The van der Waals surface area contributed by atoms with Crippen molar-refractivity contribution < 1.29 is 4.74 Å². The number of hydrogen-bond donors (Lipinski definition) is 1. The number of halogens is 1. The Bertz CT molecular complexity index is 541. The van der Waals surface area contributed by atoms with E-state index in [0.717, 1.165) is 47.4 Å². The lowest BCUT2D eigenvalue weighted by Gasteiger charge is -2.06. The fourth-order valence-corrected chi connectivity index (χ4v) is 2.20. The van der Waals surface area contributed by atoms with E-state index in [1.807, 2.05) is 24.4 Å². The SMILES string of the molecule is COc1ccc(Br)c(-n2cc(CCCCN)nn2)c1. The Kier molecular flexibility index (Phi) is 4.93. The summed E-state index contributed by atoms with van der Waals surface area (Å²) in [4.78, 5) is 0. The summed E-state index contributed by atoms with van der Waals surface area (Å²) in [5, 5.41) is 8.32. The number of ether oxygens (including phenoxy) is 1. The minimum Gasteiger partial charge on any atom is -0.497 e. The van der Waals surface area contributed by atoms with Crippen molar-refractivity contribution in [3.63, 3.8) is 0 Å². The molecule has 0 fully saturated rings. The lowest BCUT2D eigenvalue weighted by atomic mass is 10.2. The third-order valence-corrected chi connectivity index (χ3v) is 3.50. The van der Waals surface area contributed by atoms with Crippen LogP contribution in [0.25, 0.3) is 5.69 Å². The molecule has 1 aromatic heterocycles. The highest BCUT2D eigenvalue weighted by Gasteiger charge is 2.07. The highest BCUT2D eigenvalue weighted by molar-refractivity contribution is 9.10. The predicted octanol–water partition coefficient (Wildman–Crippen LogP) is 2.32. The topological polar surface area (TPSA) is 66.0 Å². The monoisotopic (exact) mass is 324 g/mol. The van der Waals surface area contributed by atoms with Crippen molar-refractivity contribution in [3.8, 4) is 11.4 Å².